The second kappa shape index (κ2) is 17.1. The molecule has 7 aromatic rings. The summed E-state index contributed by atoms with van der Waals surface area (Å²) >= 11 is 0. The summed E-state index contributed by atoms with van der Waals surface area (Å²) in [6, 6.07) is 68.4. The van der Waals surface area contributed by atoms with Gasteiger partial charge in [0.25, 0.3) is 0 Å². The third-order valence-electron chi connectivity index (χ3n) is 10.2. The molecular weight excluding hydrogens is 654 g/mol. The molecule has 3 nitrogen and oxygen atoms in total. The van der Waals surface area contributed by atoms with Gasteiger partial charge in [-0.1, -0.05) is 158 Å². The highest BCUT2D eigenvalue weighted by molar-refractivity contribution is 7.96. The lowest BCUT2D eigenvalue weighted by Crippen LogP contribution is -2.74. The first-order valence-electron chi connectivity index (χ1n) is 17.8. The highest BCUT2D eigenvalue weighted by atomic mass is 31.2. The Labute approximate surface area is 310 Å². The Kier molecular flexibility index (Phi) is 11.9. The lowest BCUT2D eigenvalue weighted by Gasteiger charge is -2.44. The van der Waals surface area contributed by atoms with Crippen molar-refractivity contribution >= 4 is 51.2 Å². The van der Waals surface area contributed by atoms with E-state index in [0.29, 0.717) is 0 Å². The molecule has 0 radical (unpaired) electrons. The molecule has 0 spiro atoms. The monoisotopic (exact) mass is 700 g/mol. The van der Waals surface area contributed by atoms with Gasteiger partial charge in [-0.3, -0.25) is 0 Å². The van der Waals surface area contributed by atoms with Crippen LogP contribution in [0, 0.1) is 0 Å². The summed E-state index contributed by atoms with van der Waals surface area (Å²) in [6.07, 6.45) is -0.291. The van der Waals surface area contributed by atoms with E-state index < -0.39 is 13.4 Å². The lowest BCUT2D eigenvalue weighted by molar-refractivity contribution is 0.416. The number of methoxy groups -OCH3 is 3. The molecule has 0 fully saturated rings. The first-order chi connectivity index (χ1) is 25.6. The fraction of sp³-hybridized carbons (Fsp3) is 0.106. The second-order valence-corrected chi connectivity index (χ2v) is 16.3. The van der Waals surface area contributed by atoms with Gasteiger partial charge in [-0.05, 0) is 43.3 Å². The third-order valence-corrected chi connectivity index (χ3v) is 14.7. The van der Waals surface area contributed by atoms with E-state index in [9.17, 15) is 0 Å². The molecule has 0 aromatic heterocycles. The van der Waals surface area contributed by atoms with Crippen molar-refractivity contribution in [2.45, 2.75) is 6.92 Å². The minimum Gasteiger partial charge on any atom is -0.493 e. The van der Waals surface area contributed by atoms with Gasteiger partial charge >= 0.3 is 0 Å². The maximum atomic E-state index is 5.79. The molecule has 7 rings (SSSR count). The van der Waals surface area contributed by atoms with Crippen LogP contribution in [-0.4, -0.2) is 33.6 Å². The number of ether oxygens (including phenoxy) is 3. The molecule has 260 valence electrons. The fourth-order valence-corrected chi connectivity index (χ4v) is 12.3. The van der Waals surface area contributed by atoms with Crippen LogP contribution in [0.3, 0.4) is 0 Å². The molecule has 0 N–H and O–H groups in total. The summed E-state index contributed by atoms with van der Waals surface area (Å²) in [7, 11) is 3.12. The van der Waals surface area contributed by atoms with Crippen LogP contribution in [0.25, 0.3) is 0 Å². The molecule has 0 aliphatic carbocycles. The van der Waals surface area contributed by atoms with Crippen LogP contribution in [0.1, 0.15) is 6.92 Å². The number of rotatable bonds is 11. The molecule has 0 amide bonds. The van der Waals surface area contributed by atoms with Gasteiger partial charge in [0.1, 0.15) is 29.3 Å². The van der Waals surface area contributed by atoms with E-state index in [0.717, 1.165) is 23.4 Å². The van der Waals surface area contributed by atoms with Gasteiger partial charge in [-0.25, -0.2) is 0 Å². The Morgan fingerprint density at radius 1 is 0.346 bits per heavy atom. The van der Waals surface area contributed by atoms with Crippen molar-refractivity contribution in [3.05, 3.63) is 194 Å². The van der Waals surface area contributed by atoms with E-state index in [1.54, 1.807) is 21.3 Å². The largest absolute Gasteiger partial charge is 0.493 e. The highest BCUT2D eigenvalue weighted by Crippen LogP contribution is 2.60. The topological polar surface area (TPSA) is 27.7 Å². The number of para-hydroxylation sites is 3. The normalized spacial score (nSPS) is 11.2. The molecule has 5 heteroatoms. The van der Waals surface area contributed by atoms with Crippen molar-refractivity contribution in [1.82, 2.24) is 0 Å². The van der Waals surface area contributed by atoms with Crippen LogP contribution in [0.2, 0.25) is 0 Å². The van der Waals surface area contributed by atoms with Crippen molar-refractivity contribution in [3.63, 3.8) is 0 Å². The first kappa shape index (κ1) is 36.2. The molecule has 0 aliphatic heterocycles. The number of benzene rings is 7. The first-order valence-corrected chi connectivity index (χ1v) is 19.8. The van der Waals surface area contributed by atoms with Crippen molar-refractivity contribution < 1.29 is 14.2 Å². The van der Waals surface area contributed by atoms with Crippen molar-refractivity contribution in [2.75, 3.05) is 27.5 Å². The van der Waals surface area contributed by atoms with Crippen molar-refractivity contribution in [1.29, 1.82) is 0 Å². The molecule has 0 atom stereocenters. The maximum absolute atomic E-state index is 5.79. The van der Waals surface area contributed by atoms with Crippen molar-refractivity contribution in [3.8, 4) is 17.2 Å². The average Bonchev–Trinajstić information content (AvgIpc) is 3.24. The fourth-order valence-electron chi connectivity index (χ4n) is 7.86. The smallest absolute Gasteiger partial charge is 0.161 e. The molecule has 0 saturated heterocycles. The average molecular weight is 701 g/mol. The quantitative estimate of drug-likeness (QED) is 0.107. The minimum absolute atomic E-state index is 0.893. The Bertz CT molecular complexity index is 1860. The molecule has 0 heterocycles. The molecule has 0 saturated carbocycles. The predicted octanol–water partition coefficient (Wildman–Crippen LogP) is 7.09. The number of hydrogen-bond donors (Lipinski definition) is 0. The van der Waals surface area contributed by atoms with Crippen LogP contribution in [0.5, 0.6) is 17.2 Å². The van der Waals surface area contributed by atoms with Crippen LogP contribution < -0.4 is 52.0 Å². The predicted molar refractivity (Wildman–Crippen MR) is 225 cm³/mol. The van der Waals surface area contributed by atoms with E-state index in [2.05, 4.69) is 165 Å². The Morgan fingerprint density at radius 2 is 0.577 bits per heavy atom. The summed E-state index contributed by atoms with van der Waals surface area (Å²) in [5.74, 6) is 2.68. The highest BCUT2D eigenvalue weighted by Gasteiger charge is 2.49. The van der Waals surface area contributed by atoms with Gasteiger partial charge in [-0.15, -0.1) is 0 Å². The minimum atomic E-state index is -2.07. The molecule has 0 aliphatic rings. The zero-order valence-corrected chi connectivity index (χ0v) is 31.3. The molecule has 0 bridgehead atoms. The summed E-state index contributed by atoms with van der Waals surface area (Å²) < 4.78 is 17.4. The van der Waals surface area contributed by atoms with Gasteiger partial charge in [0.2, 0.25) is 0 Å². The van der Waals surface area contributed by atoms with Crippen LogP contribution in [0.4, 0.5) is 0 Å². The van der Waals surface area contributed by atoms with E-state index in [1.807, 2.05) is 36.4 Å². The van der Waals surface area contributed by atoms with E-state index in [1.165, 1.54) is 37.8 Å². The van der Waals surface area contributed by atoms with Gasteiger partial charge < -0.3 is 14.2 Å². The van der Waals surface area contributed by atoms with Gasteiger partial charge in [-0.2, -0.15) is 21.9 Å². The molecular formula is C47H46BO3P. The Hall–Kier alpha value is -5.57. The summed E-state index contributed by atoms with van der Waals surface area (Å²) in [4.78, 5) is 0. The third kappa shape index (κ3) is 6.87. The SMILES string of the molecule is CC[P+](c1ccccc1OC)(c1ccccc1OC)c1ccccc1OC.c1ccc([B-](c2ccccc2)(c2ccccc2)c2ccccc2)cc1. The zero-order valence-electron chi connectivity index (χ0n) is 30.4. The molecule has 52 heavy (non-hydrogen) atoms. The Balaban J connectivity index is 0.000000179. The second-order valence-electron chi connectivity index (χ2n) is 12.7. The van der Waals surface area contributed by atoms with Crippen LogP contribution in [-0.2, 0) is 0 Å². The van der Waals surface area contributed by atoms with Gasteiger partial charge in [0, 0.05) is 0 Å². The van der Waals surface area contributed by atoms with Crippen LogP contribution >= 0.6 is 7.26 Å². The Morgan fingerprint density at radius 3 is 0.808 bits per heavy atom. The van der Waals surface area contributed by atoms with Crippen LogP contribution in [0.15, 0.2) is 194 Å². The van der Waals surface area contributed by atoms with E-state index in [4.69, 9.17) is 14.2 Å². The zero-order chi connectivity index (χ0) is 36.2. The van der Waals surface area contributed by atoms with Gasteiger partial charge in [0.15, 0.2) is 17.2 Å². The van der Waals surface area contributed by atoms with E-state index >= 15 is 0 Å². The summed E-state index contributed by atoms with van der Waals surface area (Å²) in [5.41, 5.74) is 5.36. The molecule has 0 unspecified atom stereocenters. The molecule has 7 aromatic carbocycles. The maximum Gasteiger partial charge on any atom is 0.161 e. The standard InChI is InChI=1S/C24H20B.C23H26O3P/c1-5-13-21(14-6-1)25(22-15-7-2-8-16-22,23-17-9-3-10-18-23)24-19-11-4-12-20-24;1-5-27(21-15-9-6-12-18(21)24-2,22-16-10-7-13-19(22)25-3)23-17-11-8-14-20(23)26-4/h1-20H;6-17H,5H2,1-4H3/q-1;+1. The van der Waals surface area contributed by atoms with Crippen molar-refractivity contribution in [2.24, 2.45) is 0 Å². The van der Waals surface area contributed by atoms with Gasteiger partial charge in [0.05, 0.1) is 27.5 Å². The lowest BCUT2D eigenvalue weighted by atomic mass is 9.13. The summed E-state index contributed by atoms with van der Waals surface area (Å²) in [6.45, 7) is 2.24. The van der Waals surface area contributed by atoms with E-state index in [-0.39, 0.29) is 0 Å². The summed E-state index contributed by atoms with van der Waals surface area (Å²) in [5, 5.41) is 3.59. The number of hydrogen-bond acceptors (Lipinski definition) is 3.